The lowest BCUT2D eigenvalue weighted by molar-refractivity contribution is 0.746. The summed E-state index contributed by atoms with van der Waals surface area (Å²) < 4.78 is 1.76. The Labute approximate surface area is 104 Å². The third-order valence-electron chi connectivity index (χ3n) is 2.56. The van der Waals surface area contributed by atoms with Gasteiger partial charge in [-0.05, 0) is 18.2 Å². The van der Waals surface area contributed by atoms with Gasteiger partial charge in [0.15, 0.2) is 0 Å². The molecule has 6 heteroatoms. The number of hydrogen-bond acceptors (Lipinski definition) is 5. The Morgan fingerprint density at radius 2 is 1.94 bits per heavy atom. The van der Waals surface area contributed by atoms with Crippen LogP contribution in [0.1, 0.15) is 5.69 Å². The van der Waals surface area contributed by atoms with Gasteiger partial charge in [0.05, 0.1) is 17.8 Å². The third kappa shape index (κ3) is 2.13. The van der Waals surface area contributed by atoms with Gasteiger partial charge in [0.2, 0.25) is 5.95 Å². The molecule has 1 aromatic carbocycles. The minimum atomic E-state index is 0.513. The minimum Gasteiger partial charge on any atom is -0.347 e. The van der Waals surface area contributed by atoms with E-state index in [-0.39, 0.29) is 0 Å². The average Bonchev–Trinajstić information content (AvgIpc) is 2.82. The van der Waals surface area contributed by atoms with Crippen LogP contribution >= 0.6 is 0 Å². The zero-order chi connectivity index (χ0) is 12.4. The van der Waals surface area contributed by atoms with Crippen molar-refractivity contribution in [1.82, 2.24) is 25.0 Å². The SMILES string of the molecule is Cn1ccc(CNc2nnc3ccccc3n2)n1. The Morgan fingerprint density at radius 1 is 1.11 bits per heavy atom. The van der Waals surface area contributed by atoms with Crippen molar-refractivity contribution >= 4 is 17.0 Å². The molecule has 1 N–H and O–H groups in total. The van der Waals surface area contributed by atoms with Gasteiger partial charge < -0.3 is 5.32 Å². The number of fused-ring (bicyclic) bond motifs is 1. The highest BCUT2D eigenvalue weighted by atomic mass is 15.3. The predicted octanol–water partition coefficient (Wildman–Crippen LogP) is 1.37. The molecule has 90 valence electrons. The molecule has 2 heterocycles. The Balaban J connectivity index is 1.78. The molecule has 0 radical (unpaired) electrons. The van der Waals surface area contributed by atoms with E-state index in [0.29, 0.717) is 12.5 Å². The fraction of sp³-hybridized carbons (Fsp3) is 0.167. The van der Waals surface area contributed by atoms with Crippen LogP contribution in [0.5, 0.6) is 0 Å². The Hall–Kier alpha value is -2.50. The molecule has 0 fully saturated rings. The number of nitrogens with one attached hydrogen (secondary N) is 1. The molecule has 0 aliphatic heterocycles. The highest BCUT2D eigenvalue weighted by molar-refractivity contribution is 5.73. The van der Waals surface area contributed by atoms with Crippen LogP contribution in [0.25, 0.3) is 11.0 Å². The largest absolute Gasteiger partial charge is 0.347 e. The van der Waals surface area contributed by atoms with Crippen LogP contribution in [-0.4, -0.2) is 25.0 Å². The number of anilines is 1. The molecule has 3 rings (SSSR count). The Morgan fingerprint density at radius 3 is 2.72 bits per heavy atom. The fourth-order valence-electron chi connectivity index (χ4n) is 1.68. The molecule has 0 amide bonds. The lowest BCUT2D eigenvalue weighted by atomic mass is 10.3. The molecule has 0 unspecified atom stereocenters. The number of hydrogen-bond donors (Lipinski definition) is 1. The fourth-order valence-corrected chi connectivity index (χ4v) is 1.68. The molecular formula is C12H12N6. The van der Waals surface area contributed by atoms with Gasteiger partial charge in [-0.25, -0.2) is 4.98 Å². The number of benzene rings is 1. The first-order valence-corrected chi connectivity index (χ1v) is 5.63. The van der Waals surface area contributed by atoms with E-state index < -0.39 is 0 Å². The maximum absolute atomic E-state index is 4.38. The molecule has 6 nitrogen and oxygen atoms in total. The molecule has 0 atom stereocenters. The van der Waals surface area contributed by atoms with Gasteiger partial charge in [-0.1, -0.05) is 12.1 Å². The molecule has 0 aliphatic carbocycles. The van der Waals surface area contributed by atoms with Crippen molar-refractivity contribution in [3.05, 3.63) is 42.2 Å². The molecule has 18 heavy (non-hydrogen) atoms. The molecule has 3 aromatic rings. The van der Waals surface area contributed by atoms with Crippen LogP contribution in [0.15, 0.2) is 36.5 Å². The van der Waals surface area contributed by atoms with E-state index >= 15 is 0 Å². The zero-order valence-electron chi connectivity index (χ0n) is 9.91. The summed E-state index contributed by atoms with van der Waals surface area (Å²) in [4.78, 5) is 4.38. The van der Waals surface area contributed by atoms with Crippen molar-refractivity contribution in [1.29, 1.82) is 0 Å². The van der Waals surface area contributed by atoms with E-state index in [9.17, 15) is 0 Å². The lowest BCUT2D eigenvalue weighted by Crippen LogP contribution is -2.05. The standard InChI is InChI=1S/C12H12N6/c1-18-7-6-9(17-18)8-13-12-14-10-4-2-3-5-11(10)15-16-12/h2-7H,8H2,1H3,(H,13,14,16). The van der Waals surface area contributed by atoms with Crippen LogP contribution < -0.4 is 5.32 Å². The van der Waals surface area contributed by atoms with Gasteiger partial charge in [0.25, 0.3) is 0 Å². The monoisotopic (exact) mass is 240 g/mol. The Bertz CT molecular complexity index is 675. The van der Waals surface area contributed by atoms with E-state index in [2.05, 4.69) is 25.6 Å². The topological polar surface area (TPSA) is 68.5 Å². The van der Waals surface area contributed by atoms with Gasteiger partial charge in [-0.15, -0.1) is 10.2 Å². The number of aromatic nitrogens is 5. The smallest absolute Gasteiger partial charge is 0.243 e. The van der Waals surface area contributed by atoms with Gasteiger partial charge >= 0.3 is 0 Å². The second-order valence-electron chi connectivity index (χ2n) is 3.96. The first-order chi connectivity index (χ1) is 8.81. The summed E-state index contributed by atoms with van der Waals surface area (Å²) in [5.41, 5.74) is 2.56. The van der Waals surface area contributed by atoms with Crippen molar-refractivity contribution in [3.8, 4) is 0 Å². The minimum absolute atomic E-state index is 0.513. The summed E-state index contributed by atoms with van der Waals surface area (Å²) in [5, 5.41) is 15.5. The molecule has 0 spiro atoms. The van der Waals surface area contributed by atoms with Crippen molar-refractivity contribution in [2.45, 2.75) is 6.54 Å². The van der Waals surface area contributed by atoms with Crippen molar-refractivity contribution in [2.24, 2.45) is 7.05 Å². The molecule has 0 bridgehead atoms. The van der Waals surface area contributed by atoms with Gasteiger partial charge in [-0.3, -0.25) is 4.68 Å². The average molecular weight is 240 g/mol. The van der Waals surface area contributed by atoms with Crippen LogP contribution in [0, 0.1) is 0 Å². The second kappa shape index (κ2) is 4.40. The summed E-state index contributed by atoms with van der Waals surface area (Å²) in [6.45, 7) is 0.584. The van der Waals surface area contributed by atoms with E-state index in [4.69, 9.17) is 0 Å². The van der Waals surface area contributed by atoms with Crippen molar-refractivity contribution < 1.29 is 0 Å². The number of rotatable bonds is 3. The maximum atomic E-state index is 4.38. The first-order valence-electron chi connectivity index (χ1n) is 5.63. The summed E-state index contributed by atoms with van der Waals surface area (Å²) in [6, 6.07) is 9.59. The van der Waals surface area contributed by atoms with Crippen LogP contribution in [0.4, 0.5) is 5.95 Å². The normalized spacial score (nSPS) is 10.7. The van der Waals surface area contributed by atoms with Gasteiger partial charge in [-0.2, -0.15) is 5.10 Å². The summed E-state index contributed by atoms with van der Waals surface area (Å²) in [6.07, 6.45) is 1.90. The third-order valence-corrected chi connectivity index (χ3v) is 2.56. The molecule has 0 saturated carbocycles. The second-order valence-corrected chi connectivity index (χ2v) is 3.96. The first kappa shape index (κ1) is 10.6. The highest BCUT2D eigenvalue weighted by Gasteiger charge is 2.02. The molecule has 0 aliphatic rings. The highest BCUT2D eigenvalue weighted by Crippen LogP contribution is 2.09. The molecule has 0 saturated heterocycles. The summed E-state index contributed by atoms with van der Waals surface area (Å²) in [5.74, 6) is 0.513. The van der Waals surface area contributed by atoms with E-state index in [1.807, 2.05) is 43.6 Å². The Kier molecular flexibility index (Phi) is 2.60. The van der Waals surface area contributed by atoms with Gasteiger partial charge in [0.1, 0.15) is 5.52 Å². The summed E-state index contributed by atoms with van der Waals surface area (Å²) >= 11 is 0. The lowest BCUT2D eigenvalue weighted by Gasteiger charge is -2.02. The van der Waals surface area contributed by atoms with Crippen LogP contribution in [-0.2, 0) is 13.6 Å². The van der Waals surface area contributed by atoms with E-state index in [0.717, 1.165) is 16.7 Å². The van der Waals surface area contributed by atoms with Crippen LogP contribution in [0.3, 0.4) is 0 Å². The summed E-state index contributed by atoms with van der Waals surface area (Å²) in [7, 11) is 1.89. The van der Waals surface area contributed by atoms with E-state index in [1.165, 1.54) is 0 Å². The van der Waals surface area contributed by atoms with Gasteiger partial charge in [0, 0.05) is 13.2 Å². The van der Waals surface area contributed by atoms with Crippen LogP contribution in [0.2, 0.25) is 0 Å². The maximum Gasteiger partial charge on any atom is 0.243 e. The predicted molar refractivity (Wildman–Crippen MR) is 67.9 cm³/mol. The number of nitrogens with zero attached hydrogens (tertiary/aromatic N) is 5. The zero-order valence-corrected chi connectivity index (χ0v) is 9.91. The number of para-hydroxylation sites is 1. The molecule has 2 aromatic heterocycles. The van der Waals surface area contributed by atoms with Crippen molar-refractivity contribution in [2.75, 3.05) is 5.32 Å². The molecular weight excluding hydrogens is 228 g/mol. The van der Waals surface area contributed by atoms with E-state index in [1.54, 1.807) is 4.68 Å². The van der Waals surface area contributed by atoms with Crippen molar-refractivity contribution in [3.63, 3.8) is 0 Å². The quantitative estimate of drug-likeness (QED) is 0.748. The number of aryl methyl sites for hydroxylation is 1.